The van der Waals surface area contributed by atoms with Crippen LogP contribution in [0.4, 0.5) is 0 Å². The van der Waals surface area contributed by atoms with Crippen LogP contribution in [0.5, 0.6) is 0 Å². The summed E-state index contributed by atoms with van der Waals surface area (Å²) < 4.78 is 0. The number of benzene rings is 1. The molecule has 14 heteroatoms. The lowest BCUT2D eigenvalue weighted by Gasteiger charge is -2.24. The van der Waals surface area contributed by atoms with Crippen LogP contribution in [0.25, 0.3) is 0 Å². The first-order valence-electron chi connectivity index (χ1n) is 11.6. The van der Waals surface area contributed by atoms with E-state index in [1.807, 2.05) is 0 Å². The maximum Gasteiger partial charge on any atom is 0.326 e. The number of carbonyl (C=O) groups is 6. The van der Waals surface area contributed by atoms with Gasteiger partial charge in [0.1, 0.15) is 18.1 Å². The van der Waals surface area contributed by atoms with Crippen LogP contribution in [-0.4, -0.2) is 71.3 Å². The van der Waals surface area contributed by atoms with Gasteiger partial charge in [0.2, 0.25) is 29.5 Å². The molecule has 0 saturated heterocycles. The van der Waals surface area contributed by atoms with Gasteiger partial charge in [-0.05, 0) is 31.4 Å². The summed E-state index contributed by atoms with van der Waals surface area (Å²) in [4.78, 5) is 72.6. The molecule has 0 aliphatic rings. The van der Waals surface area contributed by atoms with Gasteiger partial charge >= 0.3 is 5.97 Å². The van der Waals surface area contributed by atoms with Crippen LogP contribution in [0.1, 0.15) is 37.7 Å². The average Bonchev–Trinajstić information content (AvgIpc) is 2.82. The van der Waals surface area contributed by atoms with Crippen LogP contribution in [-0.2, 0) is 35.2 Å². The van der Waals surface area contributed by atoms with Crippen LogP contribution < -0.4 is 38.9 Å². The molecule has 1 aromatic carbocycles. The van der Waals surface area contributed by atoms with Gasteiger partial charge < -0.3 is 44.0 Å². The summed E-state index contributed by atoms with van der Waals surface area (Å²) in [6, 6.07) is 3.16. The van der Waals surface area contributed by atoms with Crippen molar-refractivity contribution >= 4 is 35.5 Å². The number of primary amides is 2. The molecule has 0 bridgehead atoms. The molecule has 4 atom stereocenters. The number of amides is 5. The second kappa shape index (κ2) is 15.9. The lowest BCUT2D eigenvalue weighted by molar-refractivity contribution is -0.142. The highest BCUT2D eigenvalue weighted by Crippen LogP contribution is 2.07. The molecule has 4 unspecified atom stereocenters. The Bertz CT molecular complexity index is 958. The molecule has 12 N–H and O–H groups in total. The Morgan fingerprint density at radius 1 is 0.757 bits per heavy atom. The van der Waals surface area contributed by atoms with Crippen LogP contribution in [0.3, 0.4) is 0 Å². The van der Waals surface area contributed by atoms with Crippen LogP contribution in [0, 0.1) is 0 Å². The Morgan fingerprint density at radius 2 is 1.30 bits per heavy atom. The Hall–Kier alpha value is -4.04. The zero-order valence-corrected chi connectivity index (χ0v) is 20.4. The van der Waals surface area contributed by atoms with Gasteiger partial charge in [0.25, 0.3) is 0 Å². The molecule has 0 aromatic heterocycles. The molecule has 0 radical (unpaired) electrons. The predicted molar refractivity (Wildman–Crippen MR) is 132 cm³/mol. The Morgan fingerprint density at radius 3 is 1.84 bits per heavy atom. The van der Waals surface area contributed by atoms with E-state index in [2.05, 4.69) is 16.0 Å². The third-order valence-corrected chi connectivity index (χ3v) is 5.27. The third kappa shape index (κ3) is 12.0. The molecule has 1 aromatic rings. The summed E-state index contributed by atoms with van der Waals surface area (Å²) >= 11 is 0. The van der Waals surface area contributed by atoms with E-state index in [0.29, 0.717) is 24.9 Å². The van der Waals surface area contributed by atoms with E-state index in [-0.39, 0.29) is 12.8 Å². The van der Waals surface area contributed by atoms with Gasteiger partial charge in [-0.2, -0.15) is 0 Å². The van der Waals surface area contributed by atoms with E-state index < -0.39 is 72.5 Å². The second-order valence-electron chi connectivity index (χ2n) is 8.44. The highest BCUT2D eigenvalue weighted by atomic mass is 16.4. The topological polar surface area (TPSA) is 263 Å². The lowest BCUT2D eigenvalue weighted by atomic mass is 10.0. The molecular formula is C23H35N7O7. The molecule has 0 heterocycles. The highest BCUT2D eigenvalue weighted by Gasteiger charge is 2.31. The van der Waals surface area contributed by atoms with Gasteiger partial charge in [-0.25, -0.2) is 4.79 Å². The largest absolute Gasteiger partial charge is 0.480 e. The van der Waals surface area contributed by atoms with Gasteiger partial charge in [0.05, 0.1) is 18.9 Å². The number of carbonyl (C=O) groups excluding carboxylic acids is 5. The summed E-state index contributed by atoms with van der Waals surface area (Å²) in [5.41, 5.74) is 22.0. The fraction of sp³-hybridized carbons (Fsp3) is 0.478. The van der Waals surface area contributed by atoms with E-state index in [0.717, 1.165) is 0 Å². The molecule has 0 aliphatic carbocycles. The maximum absolute atomic E-state index is 13.0. The van der Waals surface area contributed by atoms with E-state index >= 15 is 0 Å². The standard InChI is InChI=1S/C23H35N7O7/c24-9-5-4-8-15(28-20(33)14(25)11-18(26)31)21(34)29-16(12-19(27)32)22(35)30-17(23(36)37)10-13-6-2-1-3-7-13/h1-3,6-7,14-17H,4-5,8-12,24-25H2,(H2,26,31)(H2,27,32)(H,28,33)(H,29,34)(H,30,35)(H,36,37). The number of carboxylic acids is 1. The number of hydrogen-bond donors (Lipinski definition) is 8. The normalized spacial score (nSPS) is 13.9. The average molecular weight is 522 g/mol. The van der Waals surface area contributed by atoms with E-state index in [1.54, 1.807) is 30.3 Å². The van der Waals surface area contributed by atoms with E-state index in [4.69, 9.17) is 22.9 Å². The number of carboxylic acid groups (broad SMARTS) is 1. The number of rotatable bonds is 17. The monoisotopic (exact) mass is 521 g/mol. The van der Waals surface area contributed by atoms with Crippen LogP contribution in [0.2, 0.25) is 0 Å². The van der Waals surface area contributed by atoms with Crippen molar-refractivity contribution in [3.8, 4) is 0 Å². The minimum Gasteiger partial charge on any atom is -0.480 e. The quantitative estimate of drug-likeness (QED) is 0.0968. The molecule has 14 nitrogen and oxygen atoms in total. The first kappa shape index (κ1) is 31.0. The van der Waals surface area contributed by atoms with Crippen molar-refractivity contribution in [2.45, 2.75) is 62.7 Å². The second-order valence-corrected chi connectivity index (χ2v) is 8.44. The van der Waals surface area contributed by atoms with Gasteiger partial charge in [0, 0.05) is 6.42 Å². The van der Waals surface area contributed by atoms with Crippen molar-refractivity contribution < 1.29 is 33.9 Å². The molecular weight excluding hydrogens is 486 g/mol. The minimum absolute atomic E-state index is 0.0470. The predicted octanol–water partition coefficient (Wildman–Crippen LogP) is -3.02. The first-order chi connectivity index (χ1) is 17.4. The summed E-state index contributed by atoms with van der Waals surface area (Å²) in [6.07, 6.45) is -0.0697. The van der Waals surface area contributed by atoms with Crippen LogP contribution >= 0.6 is 0 Å². The maximum atomic E-state index is 13.0. The first-order valence-corrected chi connectivity index (χ1v) is 11.6. The molecule has 0 aliphatic heterocycles. The molecule has 0 spiro atoms. The SMILES string of the molecule is NCCCCC(NC(=O)C(N)CC(N)=O)C(=O)NC(CC(N)=O)C(=O)NC(Cc1ccccc1)C(=O)O. The summed E-state index contributed by atoms with van der Waals surface area (Å²) in [7, 11) is 0. The number of aliphatic carboxylic acids is 1. The number of nitrogens with two attached hydrogens (primary N) is 4. The molecule has 0 fully saturated rings. The van der Waals surface area contributed by atoms with Crippen molar-refractivity contribution in [1.29, 1.82) is 0 Å². The molecule has 204 valence electrons. The number of nitrogens with one attached hydrogen (secondary N) is 3. The molecule has 0 saturated carbocycles. The Balaban J connectivity index is 3.01. The summed E-state index contributed by atoms with van der Waals surface area (Å²) in [6.45, 7) is 0.328. The van der Waals surface area contributed by atoms with Crippen LogP contribution in [0.15, 0.2) is 30.3 Å². The molecule has 37 heavy (non-hydrogen) atoms. The van der Waals surface area contributed by atoms with Gasteiger partial charge in [-0.15, -0.1) is 0 Å². The minimum atomic E-state index is -1.52. The van der Waals surface area contributed by atoms with Crippen molar-refractivity contribution in [1.82, 2.24) is 16.0 Å². The highest BCUT2D eigenvalue weighted by molar-refractivity contribution is 5.96. The van der Waals surface area contributed by atoms with Gasteiger partial charge in [0.15, 0.2) is 0 Å². The molecule has 5 amide bonds. The fourth-order valence-electron chi connectivity index (χ4n) is 3.35. The zero-order chi connectivity index (χ0) is 28.0. The van der Waals surface area contributed by atoms with Gasteiger partial charge in [-0.1, -0.05) is 30.3 Å². The van der Waals surface area contributed by atoms with Crippen molar-refractivity contribution in [3.63, 3.8) is 0 Å². The van der Waals surface area contributed by atoms with Gasteiger partial charge in [-0.3, -0.25) is 24.0 Å². The Kier molecular flexibility index (Phi) is 13.3. The van der Waals surface area contributed by atoms with Crippen molar-refractivity contribution in [2.24, 2.45) is 22.9 Å². The third-order valence-electron chi connectivity index (χ3n) is 5.27. The van der Waals surface area contributed by atoms with E-state index in [1.165, 1.54) is 0 Å². The molecule has 1 rings (SSSR count). The lowest BCUT2D eigenvalue weighted by Crippen LogP contribution is -2.58. The van der Waals surface area contributed by atoms with Crippen molar-refractivity contribution in [2.75, 3.05) is 6.54 Å². The number of unbranched alkanes of at least 4 members (excludes halogenated alkanes) is 1. The summed E-state index contributed by atoms with van der Waals surface area (Å²) in [5, 5.41) is 16.6. The van der Waals surface area contributed by atoms with Crippen molar-refractivity contribution in [3.05, 3.63) is 35.9 Å². The smallest absolute Gasteiger partial charge is 0.326 e. The Labute approximate surface area is 213 Å². The summed E-state index contributed by atoms with van der Waals surface area (Å²) in [5.74, 6) is -5.68. The zero-order valence-electron chi connectivity index (χ0n) is 20.4. The number of hydrogen-bond acceptors (Lipinski definition) is 8. The fourth-order valence-corrected chi connectivity index (χ4v) is 3.35. The van der Waals surface area contributed by atoms with E-state index in [9.17, 15) is 33.9 Å².